The van der Waals surface area contributed by atoms with Crippen LogP contribution >= 0.6 is 0 Å². The highest BCUT2D eigenvalue weighted by Crippen LogP contribution is 2.53. The molecule has 96 valence electrons. The monoisotopic (exact) mass is 235 g/mol. The first-order chi connectivity index (χ1) is 7.93. The minimum absolute atomic E-state index is 0.339. The van der Waals surface area contributed by atoms with Gasteiger partial charge in [-0.15, -0.1) is 0 Å². The summed E-state index contributed by atoms with van der Waals surface area (Å²) in [7, 11) is 2.07. The van der Waals surface area contributed by atoms with Crippen molar-refractivity contribution in [2.45, 2.75) is 59.5 Å². The summed E-state index contributed by atoms with van der Waals surface area (Å²) >= 11 is 0. The van der Waals surface area contributed by atoms with Crippen molar-refractivity contribution in [3.05, 3.63) is 17.0 Å². The topological polar surface area (TPSA) is 29.9 Å². The smallest absolute Gasteiger partial charge is 0.0631 e. The van der Waals surface area contributed by atoms with Crippen molar-refractivity contribution < 1.29 is 0 Å². The molecule has 1 aliphatic carbocycles. The molecule has 2 rings (SSSR count). The summed E-state index contributed by atoms with van der Waals surface area (Å²) in [5.41, 5.74) is 4.41. The lowest BCUT2D eigenvalue weighted by Crippen LogP contribution is -2.54. The van der Waals surface area contributed by atoms with Crippen molar-refractivity contribution in [1.29, 1.82) is 0 Å². The van der Waals surface area contributed by atoms with Gasteiger partial charge in [0.1, 0.15) is 0 Å². The Morgan fingerprint density at radius 2 is 2.06 bits per heavy atom. The van der Waals surface area contributed by atoms with Gasteiger partial charge in [-0.1, -0.05) is 13.8 Å². The third-order valence-electron chi connectivity index (χ3n) is 4.70. The Hall–Kier alpha value is -0.830. The highest BCUT2D eigenvalue weighted by Gasteiger charge is 2.49. The second-order valence-electron chi connectivity index (χ2n) is 5.85. The Morgan fingerprint density at radius 3 is 2.47 bits per heavy atom. The van der Waals surface area contributed by atoms with E-state index in [0.717, 1.165) is 6.54 Å². The maximum absolute atomic E-state index is 4.64. The number of nitrogens with one attached hydrogen (secondary N) is 1. The summed E-state index contributed by atoms with van der Waals surface area (Å²) in [4.78, 5) is 0. The van der Waals surface area contributed by atoms with Crippen LogP contribution in [0.4, 0.5) is 0 Å². The number of hydrogen-bond donors (Lipinski definition) is 1. The third-order valence-corrected chi connectivity index (χ3v) is 4.70. The molecule has 0 amide bonds. The average molecular weight is 235 g/mol. The van der Waals surface area contributed by atoms with Crippen LogP contribution in [0.25, 0.3) is 0 Å². The summed E-state index contributed by atoms with van der Waals surface area (Å²) in [5, 5.41) is 8.07. The van der Waals surface area contributed by atoms with E-state index in [1.165, 1.54) is 23.4 Å². The molecule has 1 heterocycles. The van der Waals surface area contributed by atoms with Crippen LogP contribution in [0.1, 0.15) is 50.1 Å². The van der Waals surface area contributed by atoms with Crippen molar-refractivity contribution in [1.82, 2.24) is 15.1 Å². The van der Waals surface area contributed by atoms with E-state index in [1.807, 2.05) is 0 Å². The highest BCUT2D eigenvalue weighted by atomic mass is 15.3. The first kappa shape index (κ1) is 12.6. The normalized spacial score (nSPS) is 26.9. The van der Waals surface area contributed by atoms with Crippen LogP contribution < -0.4 is 5.32 Å². The fourth-order valence-electron chi connectivity index (χ4n) is 3.43. The van der Waals surface area contributed by atoms with Gasteiger partial charge in [-0.05, 0) is 51.1 Å². The van der Waals surface area contributed by atoms with Crippen molar-refractivity contribution >= 4 is 0 Å². The molecular weight excluding hydrogens is 210 g/mol. The van der Waals surface area contributed by atoms with Gasteiger partial charge in [0.25, 0.3) is 0 Å². The molecule has 0 aromatic carbocycles. The van der Waals surface area contributed by atoms with Gasteiger partial charge >= 0.3 is 0 Å². The first-order valence-corrected chi connectivity index (χ1v) is 6.64. The third kappa shape index (κ3) is 1.71. The van der Waals surface area contributed by atoms with Crippen LogP contribution in [0.3, 0.4) is 0 Å². The SMILES string of the molecule is CCn1nc(C)c(C2CC(NC)C2(C)C)c1C. The van der Waals surface area contributed by atoms with E-state index in [9.17, 15) is 0 Å². The Morgan fingerprint density at radius 1 is 1.41 bits per heavy atom. The van der Waals surface area contributed by atoms with Crippen LogP contribution in [0.5, 0.6) is 0 Å². The van der Waals surface area contributed by atoms with E-state index in [2.05, 4.69) is 56.8 Å². The fourth-order valence-corrected chi connectivity index (χ4v) is 3.43. The summed E-state index contributed by atoms with van der Waals surface area (Å²) in [6.07, 6.45) is 1.24. The molecule has 0 aliphatic heterocycles. The predicted molar refractivity (Wildman–Crippen MR) is 71.4 cm³/mol. The number of hydrogen-bond acceptors (Lipinski definition) is 2. The zero-order chi connectivity index (χ0) is 12.8. The second kappa shape index (κ2) is 4.13. The van der Waals surface area contributed by atoms with E-state index in [4.69, 9.17) is 0 Å². The molecule has 1 aromatic rings. The molecule has 17 heavy (non-hydrogen) atoms. The van der Waals surface area contributed by atoms with Gasteiger partial charge in [0.05, 0.1) is 5.69 Å². The van der Waals surface area contributed by atoms with E-state index < -0.39 is 0 Å². The lowest BCUT2D eigenvalue weighted by Gasteiger charge is -2.52. The maximum Gasteiger partial charge on any atom is 0.0631 e. The Bertz CT molecular complexity index is 417. The van der Waals surface area contributed by atoms with Gasteiger partial charge in [-0.2, -0.15) is 5.10 Å². The summed E-state index contributed by atoms with van der Waals surface area (Å²) in [6, 6.07) is 0.635. The number of aryl methyl sites for hydroxylation is 2. The molecule has 1 fully saturated rings. The fraction of sp³-hybridized carbons (Fsp3) is 0.786. The minimum atomic E-state index is 0.339. The van der Waals surface area contributed by atoms with Gasteiger partial charge < -0.3 is 5.32 Å². The first-order valence-electron chi connectivity index (χ1n) is 6.64. The molecule has 2 atom stereocenters. The Balaban J connectivity index is 2.34. The van der Waals surface area contributed by atoms with Crippen molar-refractivity contribution in [3.63, 3.8) is 0 Å². The second-order valence-corrected chi connectivity index (χ2v) is 5.85. The molecule has 2 unspecified atom stereocenters. The van der Waals surface area contributed by atoms with Gasteiger partial charge in [-0.25, -0.2) is 0 Å². The molecule has 3 nitrogen and oxygen atoms in total. The van der Waals surface area contributed by atoms with E-state index in [0.29, 0.717) is 17.4 Å². The quantitative estimate of drug-likeness (QED) is 0.873. The van der Waals surface area contributed by atoms with E-state index in [-0.39, 0.29) is 0 Å². The van der Waals surface area contributed by atoms with Crippen LogP contribution in [0.2, 0.25) is 0 Å². The van der Waals surface area contributed by atoms with Gasteiger partial charge in [0.15, 0.2) is 0 Å². The maximum atomic E-state index is 4.64. The summed E-state index contributed by atoms with van der Waals surface area (Å²) < 4.78 is 2.13. The molecule has 0 saturated heterocycles. The molecule has 0 radical (unpaired) electrons. The number of nitrogens with zero attached hydrogens (tertiary/aromatic N) is 2. The molecule has 1 N–H and O–H groups in total. The van der Waals surface area contributed by atoms with Crippen molar-refractivity contribution in [2.75, 3.05) is 7.05 Å². The number of aromatic nitrogens is 2. The van der Waals surface area contributed by atoms with E-state index >= 15 is 0 Å². The van der Waals surface area contributed by atoms with Gasteiger partial charge in [0.2, 0.25) is 0 Å². The molecular formula is C14H25N3. The van der Waals surface area contributed by atoms with Crippen molar-refractivity contribution in [2.24, 2.45) is 5.41 Å². The van der Waals surface area contributed by atoms with Gasteiger partial charge in [0, 0.05) is 18.3 Å². The van der Waals surface area contributed by atoms with Crippen LogP contribution in [-0.4, -0.2) is 22.9 Å². The number of rotatable bonds is 3. The molecule has 0 spiro atoms. The molecule has 1 aromatic heterocycles. The lowest BCUT2D eigenvalue weighted by molar-refractivity contribution is 0.0743. The van der Waals surface area contributed by atoms with Crippen LogP contribution in [0, 0.1) is 19.3 Å². The molecule has 1 saturated carbocycles. The van der Waals surface area contributed by atoms with E-state index in [1.54, 1.807) is 0 Å². The van der Waals surface area contributed by atoms with Crippen LogP contribution in [0.15, 0.2) is 0 Å². The highest BCUT2D eigenvalue weighted by molar-refractivity contribution is 5.34. The summed E-state index contributed by atoms with van der Waals surface area (Å²) in [6.45, 7) is 12.2. The van der Waals surface area contributed by atoms with Gasteiger partial charge in [-0.3, -0.25) is 4.68 Å². The average Bonchev–Trinajstić information content (AvgIpc) is 2.55. The Labute approximate surface area is 105 Å². The molecule has 0 bridgehead atoms. The molecule has 3 heteroatoms. The van der Waals surface area contributed by atoms with Crippen molar-refractivity contribution in [3.8, 4) is 0 Å². The zero-order valence-corrected chi connectivity index (χ0v) is 12.0. The largest absolute Gasteiger partial charge is 0.316 e. The minimum Gasteiger partial charge on any atom is -0.316 e. The zero-order valence-electron chi connectivity index (χ0n) is 12.0. The summed E-state index contributed by atoms with van der Waals surface area (Å²) in [5.74, 6) is 0.653. The van der Waals surface area contributed by atoms with Crippen LogP contribution in [-0.2, 0) is 6.54 Å². The lowest BCUT2D eigenvalue weighted by atomic mass is 9.56. The molecule has 1 aliphatic rings. The standard InChI is InChI=1S/C14H25N3/c1-7-17-10(3)13(9(2)16-17)11-8-12(15-6)14(11,4)5/h11-12,15H,7-8H2,1-6H3. The predicted octanol–water partition coefficient (Wildman–Crippen LogP) is 2.62. The Kier molecular flexibility index (Phi) is 3.06.